The molecule has 1 aliphatic carbocycles. The Morgan fingerprint density at radius 1 is 1.07 bits per heavy atom. The summed E-state index contributed by atoms with van der Waals surface area (Å²) in [6.07, 6.45) is 4.01. The third-order valence-electron chi connectivity index (χ3n) is 6.23. The second-order valence-electron chi connectivity index (χ2n) is 8.02. The van der Waals surface area contributed by atoms with Crippen molar-refractivity contribution in [3.8, 4) is 0 Å². The lowest BCUT2D eigenvalue weighted by Gasteiger charge is -2.33. The number of carbonyl (C=O) groups is 1. The Morgan fingerprint density at radius 2 is 1.73 bits per heavy atom. The number of aryl methyl sites for hydroxylation is 2. The van der Waals surface area contributed by atoms with Crippen molar-refractivity contribution in [1.29, 1.82) is 0 Å². The predicted octanol–water partition coefficient (Wildman–Crippen LogP) is 3.77. The molecule has 0 unspecified atom stereocenters. The fraction of sp³-hybridized carbons (Fsp3) is 0.435. The zero-order chi connectivity index (χ0) is 21.3. The first kappa shape index (κ1) is 21.0. The number of anilines is 1. The van der Waals surface area contributed by atoms with Gasteiger partial charge in [0.25, 0.3) is 0 Å². The number of hydrogen-bond donors (Lipinski definition) is 0. The summed E-state index contributed by atoms with van der Waals surface area (Å²) in [7, 11) is -3.55. The van der Waals surface area contributed by atoms with E-state index < -0.39 is 10.0 Å². The van der Waals surface area contributed by atoms with Crippen LogP contribution < -0.4 is 4.90 Å². The van der Waals surface area contributed by atoms with Gasteiger partial charge in [0.05, 0.1) is 4.90 Å². The molecule has 1 saturated heterocycles. The van der Waals surface area contributed by atoms with Crippen LogP contribution in [0.4, 0.5) is 10.1 Å². The van der Waals surface area contributed by atoms with Gasteiger partial charge in [0, 0.05) is 31.2 Å². The van der Waals surface area contributed by atoms with Gasteiger partial charge in [-0.3, -0.25) is 4.79 Å². The van der Waals surface area contributed by atoms with Crippen molar-refractivity contribution in [2.45, 2.75) is 43.9 Å². The molecule has 160 valence electrons. The van der Waals surface area contributed by atoms with E-state index in [1.54, 1.807) is 23.1 Å². The number of sulfonamides is 1. The van der Waals surface area contributed by atoms with Crippen LogP contribution in [0.15, 0.2) is 47.4 Å². The summed E-state index contributed by atoms with van der Waals surface area (Å²) in [5.74, 6) is -0.604. The van der Waals surface area contributed by atoms with Crippen LogP contribution in [0.3, 0.4) is 0 Å². The normalized spacial score (nSPS) is 17.7. The molecule has 0 saturated carbocycles. The molecule has 1 heterocycles. The van der Waals surface area contributed by atoms with Crippen molar-refractivity contribution < 1.29 is 17.6 Å². The molecule has 0 atom stereocenters. The maximum Gasteiger partial charge on any atom is 0.243 e. The van der Waals surface area contributed by atoms with Crippen LogP contribution in [0.5, 0.6) is 0 Å². The molecule has 0 aromatic heterocycles. The van der Waals surface area contributed by atoms with Gasteiger partial charge in [-0.25, -0.2) is 12.8 Å². The molecule has 0 spiro atoms. The van der Waals surface area contributed by atoms with Crippen molar-refractivity contribution in [3.05, 3.63) is 59.4 Å². The van der Waals surface area contributed by atoms with E-state index in [4.69, 9.17) is 0 Å². The summed E-state index contributed by atoms with van der Waals surface area (Å²) >= 11 is 0. The quantitative estimate of drug-likeness (QED) is 0.726. The number of rotatable bonds is 5. The molecule has 2 aromatic carbocycles. The highest BCUT2D eigenvalue weighted by molar-refractivity contribution is 7.89. The molecule has 0 radical (unpaired) electrons. The van der Waals surface area contributed by atoms with Gasteiger partial charge >= 0.3 is 0 Å². The number of benzene rings is 2. The number of amides is 1. The molecular formula is C23H27FN2O3S. The maximum absolute atomic E-state index is 13.2. The third-order valence-corrected chi connectivity index (χ3v) is 8.13. The molecular weight excluding hydrogens is 403 g/mol. The minimum atomic E-state index is -3.55. The Kier molecular flexibility index (Phi) is 5.93. The Labute approximate surface area is 177 Å². The highest BCUT2D eigenvalue weighted by Gasteiger charge is 2.34. The third kappa shape index (κ3) is 4.01. The molecule has 0 N–H and O–H groups in total. The van der Waals surface area contributed by atoms with Crippen molar-refractivity contribution in [3.63, 3.8) is 0 Å². The SMILES string of the molecule is CCN(C(=O)C1CCN(S(=O)(=O)c2ccc3c(c2)CCC3)CC1)c1ccc(F)cc1. The zero-order valence-electron chi connectivity index (χ0n) is 17.2. The molecule has 2 aromatic rings. The zero-order valence-corrected chi connectivity index (χ0v) is 18.0. The van der Waals surface area contributed by atoms with Crippen LogP contribution in [0.2, 0.25) is 0 Å². The number of fused-ring (bicyclic) bond motifs is 1. The Bertz CT molecular complexity index is 1030. The smallest absolute Gasteiger partial charge is 0.243 e. The van der Waals surface area contributed by atoms with Gasteiger partial charge in [-0.2, -0.15) is 4.31 Å². The van der Waals surface area contributed by atoms with Gasteiger partial charge in [0.15, 0.2) is 0 Å². The van der Waals surface area contributed by atoms with Gasteiger partial charge in [0.2, 0.25) is 15.9 Å². The number of piperidine rings is 1. The standard InChI is InChI=1S/C23H27FN2O3S/c1-2-26(21-9-7-20(24)8-10-21)23(27)18-12-14-25(15-13-18)30(28,29)22-11-6-17-4-3-5-19(17)16-22/h6-11,16,18H,2-5,12-15H2,1H3. The van der Waals surface area contributed by atoms with Crippen molar-refractivity contribution in [1.82, 2.24) is 4.31 Å². The molecule has 1 aliphatic heterocycles. The summed E-state index contributed by atoms with van der Waals surface area (Å²) < 4.78 is 40.9. The lowest BCUT2D eigenvalue weighted by molar-refractivity contribution is -0.123. The summed E-state index contributed by atoms with van der Waals surface area (Å²) in [5, 5.41) is 0. The Morgan fingerprint density at radius 3 is 2.40 bits per heavy atom. The highest BCUT2D eigenvalue weighted by atomic mass is 32.2. The summed E-state index contributed by atoms with van der Waals surface area (Å²) in [5.41, 5.74) is 3.05. The largest absolute Gasteiger partial charge is 0.312 e. The van der Waals surface area contributed by atoms with Crippen LogP contribution in [-0.4, -0.2) is 38.3 Å². The van der Waals surface area contributed by atoms with E-state index in [0.717, 1.165) is 24.8 Å². The second-order valence-corrected chi connectivity index (χ2v) is 9.96. The minimum absolute atomic E-state index is 0.0290. The Balaban J connectivity index is 1.44. The van der Waals surface area contributed by atoms with Crippen LogP contribution in [-0.2, 0) is 27.7 Å². The van der Waals surface area contributed by atoms with Gasteiger partial charge in [-0.15, -0.1) is 0 Å². The lowest BCUT2D eigenvalue weighted by atomic mass is 9.96. The average Bonchev–Trinajstić information content (AvgIpc) is 3.23. The fourth-order valence-corrected chi connectivity index (χ4v) is 6.03. The predicted molar refractivity (Wildman–Crippen MR) is 114 cm³/mol. The molecule has 1 amide bonds. The highest BCUT2D eigenvalue weighted by Crippen LogP contribution is 2.30. The molecule has 2 aliphatic rings. The van der Waals surface area contributed by atoms with Crippen LogP contribution >= 0.6 is 0 Å². The van der Waals surface area contributed by atoms with Crippen molar-refractivity contribution in [2.24, 2.45) is 5.92 Å². The van der Waals surface area contributed by atoms with Crippen molar-refractivity contribution in [2.75, 3.05) is 24.5 Å². The second kappa shape index (κ2) is 8.47. The van der Waals surface area contributed by atoms with Gasteiger partial charge in [-0.1, -0.05) is 6.07 Å². The number of nitrogens with zero attached hydrogens (tertiary/aromatic N) is 2. The van der Waals surface area contributed by atoms with E-state index in [2.05, 4.69) is 0 Å². The maximum atomic E-state index is 13.2. The first-order valence-corrected chi connectivity index (χ1v) is 12.0. The minimum Gasteiger partial charge on any atom is -0.312 e. The molecule has 5 nitrogen and oxygen atoms in total. The molecule has 1 fully saturated rings. The number of hydrogen-bond acceptors (Lipinski definition) is 3. The van der Waals surface area contributed by atoms with Crippen LogP contribution in [0, 0.1) is 11.7 Å². The van der Waals surface area contributed by atoms with E-state index >= 15 is 0 Å². The van der Waals surface area contributed by atoms with E-state index in [1.807, 2.05) is 19.1 Å². The molecule has 7 heteroatoms. The first-order chi connectivity index (χ1) is 14.4. The van der Waals surface area contributed by atoms with E-state index in [9.17, 15) is 17.6 Å². The summed E-state index contributed by atoms with van der Waals surface area (Å²) in [6.45, 7) is 3.03. The lowest BCUT2D eigenvalue weighted by Crippen LogP contribution is -2.44. The monoisotopic (exact) mass is 430 g/mol. The fourth-order valence-electron chi connectivity index (χ4n) is 4.51. The first-order valence-electron chi connectivity index (χ1n) is 10.6. The summed E-state index contributed by atoms with van der Waals surface area (Å²) in [4.78, 5) is 15.0. The van der Waals surface area contributed by atoms with Gasteiger partial charge in [0.1, 0.15) is 5.82 Å². The molecule has 30 heavy (non-hydrogen) atoms. The van der Waals surface area contributed by atoms with E-state index in [1.165, 1.54) is 22.0 Å². The topological polar surface area (TPSA) is 57.7 Å². The van der Waals surface area contributed by atoms with Crippen molar-refractivity contribution >= 4 is 21.6 Å². The molecule has 4 rings (SSSR count). The van der Waals surface area contributed by atoms with Gasteiger partial charge < -0.3 is 4.90 Å². The molecule has 0 bridgehead atoms. The average molecular weight is 431 g/mol. The van der Waals surface area contributed by atoms with E-state index in [0.29, 0.717) is 43.1 Å². The number of halogens is 1. The Hall–Kier alpha value is -2.25. The van der Waals surface area contributed by atoms with Gasteiger partial charge in [-0.05, 0) is 86.6 Å². The van der Waals surface area contributed by atoms with Crippen LogP contribution in [0.1, 0.15) is 37.3 Å². The summed E-state index contributed by atoms with van der Waals surface area (Å²) in [6, 6.07) is 11.4. The van der Waals surface area contributed by atoms with E-state index in [-0.39, 0.29) is 17.6 Å². The number of carbonyl (C=O) groups excluding carboxylic acids is 1. The van der Waals surface area contributed by atoms with Crippen LogP contribution in [0.25, 0.3) is 0 Å².